The minimum absolute atomic E-state index is 0.0830. The van der Waals surface area contributed by atoms with Crippen LogP contribution in [0, 0.1) is 0 Å². The van der Waals surface area contributed by atoms with Gasteiger partial charge < -0.3 is 10.4 Å². The van der Waals surface area contributed by atoms with E-state index in [2.05, 4.69) is 42.6 Å². The zero-order valence-electron chi connectivity index (χ0n) is 13.2. The highest BCUT2D eigenvalue weighted by atomic mass is 16.4. The first-order valence-corrected chi connectivity index (χ1v) is 7.80. The van der Waals surface area contributed by atoms with Crippen molar-refractivity contribution in [1.82, 2.24) is 0 Å². The van der Waals surface area contributed by atoms with Crippen molar-refractivity contribution in [3.63, 3.8) is 0 Å². The summed E-state index contributed by atoms with van der Waals surface area (Å²) < 4.78 is 0. The van der Waals surface area contributed by atoms with Crippen LogP contribution in [0.2, 0.25) is 0 Å². The number of rotatable bonds is 7. The van der Waals surface area contributed by atoms with Crippen LogP contribution >= 0.6 is 0 Å². The van der Waals surface area contributed by atoms with Crippen molar-refractivity contribution in [3.05, 3.63) is 54.1 Å². The second kappa shape index (κ2) is 7.64. The molecular weight excluding hydrogens is 274 g/mol. The van der Waals surface area contributed by atoms with Gasteiger partial charge in [-0.05, 0) is 48.1 Å². The van der Waals surface area contributed by atoms with Crippen molar-refractivity contribution in [2.45, 2.75) is 32.6 Å². The van der Waals surface area contributed by atoms with Crippen molar-refractivity contribution >= 4 is 11.7 Å². The Bertz CT molecular complexity index is 620. The maximum absolute atomic E-state index is 10.9. The van der Waals surface area contributed by atoms with E-state index < -0.39 is 5.97 Å². The van der Waals surface area contributed by atoms with Crippen LogP contribution in [0.4, 0.5) is 5.69 Å². The number of hydrogen-bond acceptors (Lipinski definition) is 2. The maximum Gasteiger partial charge on any atom is 0.303 e. The third-order valence-corrected chi connectivity index (χ3v) is 3.87. The van der Waals surface area contributed by atoms with Crippen LogP contribution in [-0.2, 0) is 4.79 Å². The van der Waals surface area contributed by atoms with Crippen LogP contribution < -0.4 is 5.32 Å². The van der Waals surface area contributed by atoms with E-state index in [4.69, 9.17) is 5.11 Å². The number of carbonyl (C=O) groups is 1. The molecule has 0 aromatic heterocycles. The lowest BCUT2D eigenvalue weighted by Crippen LogP contribution is -2.05. The molecule has 1 unspecified atom stereocenters. The standard InChI is InChI=1S/C19H23NO2/c1-3-14(13-19(21)22)15-8-10-16(11-9-15)17-6-5-7-18(12-17)20-4-2/h5-12,14,20H,3-4,13H2,1-2H3,(H,21,22). The summed E-state index contributed by atoms with van der Waals surface area (Å²) in [6.07, 6.45) is 1.02. The number of aliphatic carboxylic acids is 1. The molecule has 0 saturated carbocycles. The van der Waals surface area contributed by atoms with E-state index in [-0.39, 0.29) is 12.3 Å². The summed E-state index contributed by atoms with van der Waals surface area (Å²) >= 11 is 0. The fraction of sp³-hybridized carbons (Fsp3) is 0.316. The number of nitrogens with one attached hydrogen (secondary N) is 1. The second-order valence-corrected chi connectivity index (χ2v) is 5.44. The smallest absolute Gasteiger partial charge is 0.303 e. The quantitative estimate of drug-likeness (QED) is 0.775. The van der Waals surface area contributed by atoms with Gasteiger partial charge in [-0.1, -0.05) is 43.3 Å². The van der Waals surface area contributed by atoms with Gasteiger partial charge in [0, 0.05) is 12.2 Å². The van der Waals surface area contributed by atoms with Gasteiger partial charge >= 0.3 is 5.97 Å². The maximum atomic E-state index is 10.9. The summed E-state index contributed by atoms with van der Waals surface area (Å²) in [7, 11) is 0. The number of anilines is 1. The van der Waals surface area contributed by atoms with Crippen LogP contribution in [0.3, 0.4) is 0 Å². The lowest BCUT2D eigenvalue weighted by atomic mass is 9.92. The highest BCUT2D eigenvalue weighted by Crippen LogP contribution is 2.27. The Balaban J connectivity index is 2.21. The van der Waals surface area contributed by atoms with Gasteiger partial charge in [-0.15, -0.1) is 0 Å². The van der Waals surface area contributed by atoms with Crippen LogP contribution in [0.25, 0.3) is 11.1 Å². The van der Waals surface area contributed by atoms with E-state index in [0.717, 1.165) is 35.3 Å². The Morgan fingerprint density at radius 1 is 1.09 bits per heavy atom. The van der Waals surface area contributed by atoms with E-state index in [1.165, 1.54) is 0 Å². The fourth-order valence-electron chi connectivity index (χ4n) is 2.67. The molecular formula is C19H23NO2. The highest BCUT2D eigenvalue weighted by Gasteiger charge is 2.13. The van der Waals surface area contributed by atoms with E-state index in [0.29, 0.717) is 0 Å². The van der Waals surface area contributed by atoms with Crippen LogP contribution in [0.15, 0.2) is 48.5 Å². The Kier molecular flexibility index (Phi) is 5.59. The molecule has 1 atom stereocenters. The van der Waals surface area contributed by atoms with Crippen molar-refractivity contribution in [2.75, 3.05) is 11.9 Å². The molecule has 2 N–H and O–H groups in total. The van der Waals surface area contributed by atoms with Gasteiger partial charge in [0.05, 0.1) is 6.42 Å². The van der Waals surface area contributed by atoms with E-state index in [1.807, 2.05) is 25.1 Å². The summed E-state index contributed by atoms with van der Waals surface area (Å²) in [5.74, 6) is -0.658. The molecule has 2 aromatic carbocycles. The summed E-state index contributed by atoms with van der Waals surface area (Å²) in [6, 6.07) is 16.6. The fourth-order valence-corrected chi connectivity index (χ4v) is 2.67. The molecule has 3 nitrogen and oxygen atoms in total. The Morgan fingerprint density at radius 3 is 2.41 bits per heavy atom. The van der Waals surface area contributed by atoms with Gasteiger partial charge in [0.2, 0.25) is 0 Å². The molecule has 0 fully saturated rings. The lowest BCUT2D eigenvalue weighted by molar-refractivity contribution is -0.137. The second-order valence-electron chi connectivity index (χ2n) is 5.44. The van der Waals surface area contributed by atoms with Crippen LogP contribution in [0.5, 0.6) is 0 Å². The normalized spacial score (nSPS) is 11.9. The molecule has 0 bridgehead atoms. The van der Waals surface area contributed by atoms with Crippen molar-refractivity contribution in [3.8, 4) is 11.1 Å². The first-order valence-electron chi connectivity index (χ1n) is 7.80. The van der Waals surface area contributed by atoms with E-state index in [1.54, 1.807) is 0 Å². The number of carboxylic acids is 1. The first-order chi connectivity index (χ1) is 10.6. The SMILES string of the molecule is CCNc1cccc(-c2ccc(C(CC)CC(=O)O)cc2)c1. The molecule has 0 aliphatic heterocycles. The molecule has 0 radical (unpaired) electrons. The molecule has 0 spiro atoms. The third kappa shape index (κ3) is 4.10. The van der Waals surface area contributed by atoms with E-state index >= 15 is 0 Å². The summed E-state index contributed by atoms with van der Waals surface area (Å²) in [6.45, 7) is 5.01. The number of carboxylic acid groups (broad SMARTS) is 1. The molecule has 0 heterocycles. The molecule has 2 rings (SSSR count). The third-order valence-electron chi connectivity index (χ3n) is 3.87. The van der Waals surface area contributed by atoms with Gasteiger partial charge in [-0.2, -0.15) is 0 Å². The first kappa shape index (κ1) is 16.1. The molecule has 3 heteroatoms. The summed E-state index contributed by atoms with van der Waals surface area (Å²) in [5.41, 5.74) is 4.52. The van der Waals surface area contributed by atoms with Crippen LogP contribution in [-0.4, -0.2) is 17.6 Å². The Morgan fingerprint density at radius 2 is 1.82 bits per heavy atom. The van der Waals surface area contributed by atoms with Crippen molar-refractivity contribution in [1.29, 1.82) is 0 Å². The van der Waals surface area contributed by atoms with Gasteiger partial charge in [-0.3, -0.25) is 4.79 Å². The average molecular weight is 297 g/mol. The molecule has 0 saturated heterocycles. The molecule has 116 valence electrons. The Labute approximate surface area is 132 Å². The molecule has 0 amide bonds. The van der Waals surface area contributed by atoms with Gasteiger partial charge in [-0.25, -0.2) is 0 Å². The molecule has 2 aromatic rings. The topological polar surface area (TPSA) is 49.3 Å². The van der Waals surface area contributed by atoms with Gasteiger partial charge in [0.25, 0.3) is 0 Å². The average Bonchev–Trinajstić information content (AvgIpc) is 2.53. The summed E-state index contributed by atoms with van der Waals surface area (Å²) in [5, 5.41) is 12.3. The van der Waals surface area contributed by atoms with Crippen molar-refractivity contribution in [2.24, 2.45) is 0 Å². The summed E-state index contributed by atoms with van der Waals surface area (Å²) in [4.78, 5) is 10.9. The van der Waals surface area contributed by atoms with Gasteiger partial charge in [0.1, 0.15) is 0 Å². The molecule has 0 aliphatic carbocycles. The highest BCUT2D eigenvalue weighted by molar-refractivity contribution is 5.69. The number of hydrogen-bond donors (Lipinski definition) is 2. The predicted octanol–water partition coefficient (Wildman–Crippen LogP) is 4.75. The van der Waals surface area contributed by atoms with E-state index in [9.17, 15) is 4.79 Å². The minimum Gasteiger partial charge on any atom is -0.481 e. The van der Waals surface area contributed by atoms with Crippen molar-refractivity contribution < 1.29 is 9.90 Å². The zero-order valence-corrected chi connectivity index (χ0v) is 13.2. The largest absolute Gasteiger partial charge is 0.481 e. The van der Waals surface area contributed by atoms with Gasteiger partial charge in [0.15, 0.2) is 0 Å². The molecule has 0 aliphatic rings. The molecule has 22 heavy (non-hydrogen) atoms. The Hall–Kier alpha value is -2.29. The minimum atomic E-state index is -0.741. The monoisotopic (exact) mass is 297 g/mol. The zero-order chi connectivity index (χ0) is 15.9. The number of benzene rings is 2. The predicted molar refractivity (Wildman–Crippen MR) is 91.3 cm³/mol. The lowest BCUT2D eigenvalue weighted by Gasteiger charge is -2.14. The van der Waals surface area contributed by atoms with Crippen LogP contribution in [0.1, 0.15) is 38.2 Å².